The van der Waals surface area contributed by atoms with Gasteiger partial charge in [0.25, 0.3) is 11.5 Å². The normalized spacial score (nSPS) is 17.3. The second kappa shape index (κ2) is 9.93. The van der Waals surface area contributed by atoms with E-state index in [0.717, 1.165) is 67.7 Å². The minimum atomic E-state index is -0.195. The van der Waals surface area contributed by atoms with Crippen LogP contribution in [0.4, 0.5) is 11.6 Å². The maximum absolute atomic E-state index is 13.3. The number of aromatic nitrogens is 2. The fourth-order valence-electron chi connectivity index (χ4n) is 4.46. The highest BCUT2D eigenvalue weighted by Crippen LogP contribution is 2.27. The topological polar surface area (TPSA) is 93.8 Å². The number of amides is 1. The smallest absolute Gasteiger partial charge is 0.253 e. The van der Waals surface area contributed by atoms with Crippen molar-refractivity contribution in [3.05, 3.63) is 50.4 Å². The van der Waals surface area contributed by atoms with E-state index in [-0.39, 0.29) is 18.0 Å². The van der Waals surface area contributed by atoms with Crippen molar-refractivity contribution < 1.29 is 9.53 Å². The van der Waals surface area contributed by atoms with Gasteiger partial charge in [-0.05, 0) is 45.5 Å². The Kier molecular flexibility index (Phi) is 6.99. The molecule has 9 nitrogen and oxygen atoms in total. The van der Waals surface area contributed by atoms with Gasteiger partial charge in [0.2, 0.25) is 0 Å². The lowest BCUT2D eigenvalue weighted by Crippen LogP contribution is -2.45. The molecule has 4 heterocycles. The van der Waals surface area contributed by atoms with Crippen LogP contribution in [-0.4, -0.2) is 80.3 Å². The van der Waals surface area contributed by atoms with E-state index in [1.165, 1.54) is 0 Å². The van der Waals surface area contributed by atoms with E-state index in [9.17, 15) is 9.59 Å². The minimum Gasteiger partial charge on any atom is -0.378 e. The predicted octanol–water partition coefficient (Wildman–Crippen LogP) is 1.21. The highest BCUT2D eigenvalue weighted by atomic mass is 16.5. The highest BCUT2D eigenvalue weighted by Gasteiger charge is 2.24. The molecule has 2 N–H and O–H groups in total. The summed E-state index contributed by atoms with van der Waals surface area (Å²) in [4.78, 5) is 40.3. The number of aryl methyl sites for hydroxylation is 2. The number of H-pyrrole nitrogens is 1. The summed E-state index contributed by atoms with van der Waals surface area (Å²) in [5.74, 6) is 1.47. The number of anilines is 2. The van der Waals surface area contributed by atoms with Crippen molar-refractivity contribution in [1.82, 2.24) is 20.2 Å². The van der Waals surface area contributed by atoms with Gasteiger partial charge < -0.3 is 29.7 Å². The average molecular weight is 455 g/mol. The Morgan fingerprint density at radius 3 is 2.42 bits per heavy atom. The van der Waals surface area contributed by atoms with Crippen molar-refractivity contribution >= 4 is 17.5 Å². The largest absolute Gasteiger partial charge is 0.378 e. The Bertz CT molecular complexity index is 1070. The van der Waals surface area contributed by atoms with Crippen LogP contribution in [0.25, 0.3) is 0 Å². The second-order valence-corrected chi connectivity index (χ2v) is 8.99. The van der Waals surface area contributed by atoms with Crippen LogP contribution < -0.4 is 20.7 Å². The maximum Gasteiger partial charge on any atom is 0.253 e. The zero-order valence-corrected chi connectivity index (χ0v) is 20.0. The highest BCUT2D eigenvalue weighted by molar-refractivity contribution is 5.97. The Hall–Kier alpha value is -2.91. The van der Waals surface area contributed by atoms with Gasteiger partial charge in [-0.2, -0.15) is 0 Å². The molecule has 2 aromatic rings. The molecule has 4 rings (SSSR count). The number of carbonyl (C=O) groups is 1. The van der Waals surface area contributed by atoms with E-state index >= 15 is 0 Å². The molecule has 0 radical (unpaired) electrons. The molecule has 2 aliphatic rings. The van der Waals surface area contributed by atoms with Gasteiger partial charge in [0, 0.05) is 68.2 Å². The van der Waals surface area contributed by atoms with Gasteiger partial charge in [-0.25, -0.2) is 4.98 Å². The first-order chi connectivity index (χ1) is 15.8. The number of piperazine rings is 1. The fourth-order valence-corrected chi connectivity index (χ4v) is 4.46. The Morgan fingerprint density at radius 1 is 1.06 bits per heavy atom. The summed E-state index contributed by atoms with van der Waals surface area (Å²) in [7, 11) is 2.12. The summed E-state index contributed by atoms with van der Waals surface area (Å²) < 4.78 is 5.50. The number of carbonyl (C=O) groups excluding carboxylic acids is 1. The zero-order chi connectivity index (χ0) is 23.5. The van der Waals surface area contributed by atoms with Crippen molar-refractivity contribution in [3.63, 3.8) is 0 Å². The molecule has 0 aromatic carbocycles. The number of aromatic amines is 1. The van der Waals surface area contributed by atoms with Crippen LogP contribution in [0, 0.1) is 20.8 Å². The maximum atomic E-state index is 13.3. The van der Waals surface area contributed by atoms with Gasteiger partial charge in [0.05, 0.1) is 13.2 Å². The average Bonchev–Trinajstić information content (AvgIpc) is 2.79. The van der Waals surface area contributed by atoms with E-state index in [1.807, 2.05) is 32.9 Å². The first kappa shape index (κ1) is 23.3. The third-order valence-corrected chi connectivity index (χ3v) is 6.54. The lowest BCUT2D eigenvalue weighted by Gasteiger charge is -2.35. The fraction of sp³-hybridized carbons (Fsp3) is 0.542. The lowest BCUT2D eigenvalue weighted by atomic mass is 10.1. The lowest BCUT2D eigenvalue weighted by molar-refractivity contribution is 0.0950. The Labute approximate surface area is 194 Å². The van der Waals surface area contributed by atoms with Crippen molar-refractivity contribution in [1.29, 1.82) is 0 Å². The molecule has 33 heavy (non-hydrogen) atoms. The van der Waals surface area contributed by atoms with E-state index in [0.29, 0.717) is 24.3 Å². The number of morpholine rings is 1. The van der Waals surface area contributed by atoms with E-state index in [2.05, 4.69) is 32.0 Å². The molecular weight excluding hydrogens is 420 g/mol. The summed E-state index contributed by atoms with van der Waals surface area (Å²) >= 11 is 0. The van der Waals surface area contributed by atoms with Crippen molar-refractivity contribution in [2.45, 2.75) is 27.3 Å². The number of nitrogens with one attached hydrogen (secondary N) is 2. The molecule has 0 atom stereocenters. The standard InChI is InChI=1S/C24H34N6O3/c1-16-13-17(2)26-24(32)20(16)15-25-23(31)19-14-21(29-9-11-33-12-10-29)27-22(18(19)3)30-7-5-28(4)6-8-30/h13-14H,5-12,15H2,1-4H3,(H,25,31)(H,26,32). The summed E-state index contributed by atoms with van der Waals surface area (Å²) in [5.41, 5.74) is 3.56. The molecule has 1 amide bonds. The molecule has 0 unspecified atom stereocenters. The minimum absolute atomic E-state index is 0.161. The monoisotopic (exact) mass is 454 g/mol. The molecule has 0 spiro atoms. The van der Waals surface area contributed by atoms with Crippen LogP contribution in [0.2, 0.25) is 0 Å². The van der Waals surface area contributed by atoms with Crippen LogP contribution in [-0.2, 0) is 11.3 Å². The Balaban J connectivity index is 1.63. The van der Waals surface area contributed by atoms with E-state index < -0.39 is 0 Å². The summed E-state index contributed by atoms with van der Waals surface area (Å²) in [6.07, 6.45) is 0. The SMILES string of the molecule is Cc1cc(C)c(CNC(=O)c2cc(N3CCOCC3)nc(N3CCN(C)CC3)c2C)c(=O)[nH]1. The number of pyridine rings is 2. The van der Waals surface area contributed by atoms with Crippen molar-refractivity contribution in [3.8, 4) is 0 Å². The molecular formula is C24H34N6O3. The molecule has 0 saturated carbocycles. The van der Waals surface area contributed by atoms with Gasteiger partial charge in [-0.3, -0.25) is 9.59 Å². The number of rotatable bonds is 5. The summed E-state index contributed by atoms with van der Waals surface area (Å²) in [5, 5.41) is 2.97. The van der Waals surface area contributed by atoms with Crippen molar-refractivity contribution in [2.24, 2.45) is 0 Å². The van der Waals surface area contributed by atoms with Gasteiger partial charge in [-0.1, -0.05) is 0 Å². The number of likely N-dealkylation sites (N-methyl/N-ethyl adjacent to an activating group) is 1. The quantitative estimate of drug-likeness (QED) is 0.702. The summed E-state index contributed by atoms with van der Waals surface area (Å²) in [6, 6.07) is 3.80. The molecule has 0 aliphatic carbocycles. The number of hydrogen-bond acceptors (Lipinski definition) is 7. The predicted molar refractivity (Wildman–Crippen MR) is 129 cm³/mol. The van der Waals surface area contributed by atoms with E-state index in [1.54, 1.807) is 0 Å². The van der Waals surface area contributed by atoms with Crippen LogP contribution in [0.1, 0.15) is 32.7 Å². The van der Waals surface area contributed by atoms with Crippen LogP contribution in [0.15, 0.2) is 16.9 Å². The first-order valence-electron chi connectivity index (χ1n) is 11.6. The molecule has 2 aromatic heterocycles. The molecule has 2 saturated heterocycles. The zero-order valence-electron chi connectivity index (χ0n) is 20.0. The second-order valence-electron chi connectivity index (χ2n) is 8.99. The molecule has 0 bridgehead atoms. The molecule has 9 heteroatoms. The molecule has 178 valence electrons. The first-order valence-corrected chi connectivity index (χ1v) is 11.6. The molecule has 2 aliphatic heterocycles. The van der Waals surface area contributed by atoms with Crippen molar-refractivity contribution in [2.75, 3.05) is 69.3 Å². The van der Waals surface area contributed by atoms with Crippen LogP contribution in [0.5, 0.6) is 0 Å². The number of nitrogens with zero attached hydrogens (tertiary/aromatic N) is 4. The molecule has 2 fully saturated rings. The summed E-state index contributed by atoms with van der Waals surface area (Å²) in [6.45, 7) is 12.3. The number of hydrogen-bond donors (Lipinski definition) is 2. The van der Waals surface area contributed by atoms with Gasteiger partial charge in [0.15, 0.2) is 0 Å². The van der Waals surface area contributed by atoms with Gasteiger partial charge >= 0.3 is 0 Å². The Morgan fingerprint density at radius 2 is 1.76 bits per heavy atom. The van der Waals surface area contributed by atoms with Gasteiger partial charge in [-0.15, -0.1) is 0 Å². The number of ether oxygens (including phenoxy) is 1. The third-order valence-electron chi connectivity index (χ3n) is 6.54. The van der Waals surface area contributed by atoms with E-state index in [4.69, 9.17) is 9.72 Å². The van der Waals surface area contributed by atoms with Crippen LogP contribution in [0.3, 0.4) is 0 Å². The van der Waals surface area contributed by atoms with Gasteiger partial charge in [0.1, 0.15) is 11.6 Å². The van der Waals surface area contributed by atoms with Crippen LogP contribution >= 0.6 is 0 Å². The third kappa shape index (κ3) is 5.20.